The minimum atomic E-state index is -2.87. The molecule has 1 aromatic heterocycles. The molecule has 1 aliphatic heterocycles. The SMILES string of the molecule is Cc1cc(NC2CCN(CCS(C)(=O)=O)CC2)nc(C)n1. The van der Waals surface area contributed by atoms with Gasteiger partial charge in [0.2, 0.25) is 0 Å². The first-order chi connectivity index (χ1) is 9.82. The Kier molecular flexibility index (Phi) is 5.16. The smallest absolute Gasteiger partial charge is 0.148 e. The first kappa shape index (κ1) is 16.2. The summed E-state index contributed by atoms with van der Waals surface area (Å²) in [5.74, 6) is 1.91. The average Bonchev–Trinajstić information content (AvgIpc) is 2.36. The number of nitrogens with zero attached hydrogens (tertiary/aromatic N) is 3. The van der Waals surface area contributed by atoms with E-state index in [0.717, 1.165) is 43.3 Å². The van der Waals surface area contributed by atoms with E-state index in [1.54, 1.807) is 0 Å². The van der Waals surface area contributed by atoms with Crippen LogP contribution in [0.1, 0.15) is 24.4 Å². The van der Waals surface area contributed by atoms with Crippen molar-refractivity contribution in [1.29, 1.82) is 0 Å². The molecule has 2 rings (SSSR count). The van der Waals surface area contributed by atoms with E-state index in [4.69, 9.17) is 0 Å². The summed E-state index contributed by atoms with van der Waals surface area (Å²) in [4.78, 5) is 10.9. The van der Waals surface area contributed by atoms with Crippen LogP contribution in [0.5, 0.6) is 0 Å². The summed E-state index contributed by atoms with van der Waals surface area (Å²) in [7, 11) is -2.87. The molecule has 6 nitrogen and oxygen atoms in total. The molecule has 21 heavy (non-hydrogen) atoms. The zero-order valence-electron chi connectivity index (χ0n) is 13.0. The fourth-order valence-electron chi connectivity index (χ4n) is 2.60. The monoisotopic (exact) mass is 312 g/mol. The largest absolute Gasteiger partial charge is 0.367 e. The van der Waals surface area contributed by atoms with Gasteiger partial charge < -0.3 is 10.2 Å². The highest BCUT2D eigenvalue weighted by atomic mass is 32.2. The van der Waals surface area contributed by atoms with Crippen molar-refractivity contribution < 1.29 is 8.42 Å². The van der Waals surface area contributed by atoms with Gasteiger partial charge in [0, 0.05) is 43.7 Å². The summed E-state index contributed by atoms with van der Waals surface area (Å²) < 4.78 is 22.4. The summed E-state index contributed by atoms with van der Waals surface area (Å²) in [5.41, 5.74) is 0.968. The lowest BCUT2D eigenvalue weighted by Crippen LogP contribution is -2.41. The van der Waals surface area contributed by atoms with Crippen molar-refractivity contribution in [2.45, 2.75) is 32.7 Å². The summed E-state index contributed by atoms with van der Waals surface area (Å²) in [6, 6.07) is 2.36. The van der Waals surface area contributed by atoms with Crippen LogP contribution in [0.4, 0.5) is 5.82 Å². The molecule has 0 unspecified atom stereocenters. The van der Waals surface area contributed by atoms with E-state index in [-0.39, 0.29) is 5.75 Å². The van der Waals surface area contributed by atoms with Gasteiger partial charge in [-0.2, -0.15) is 0 Å². The first-order valence-electron chi connectivity index (χ1n) is 7.31. The fourth-order valence-corrected chi connectivity index (χ4v) is 3.19. The minimum absolute atomic E-state index is 0.245. The molecule has 1 aromatic rings. The Morgan fingerprint density at radius 2 is 1.95 bits per heavy atom. The number of aryl methyl sites for hydroxylation is 2. The predicted molar refractivity (Wildman–Crippen MR) is 84.3 cm³/mol. The Labute approximate surface area is 126 Å². The minimum Gasteiger partial charge on any atom is -0.367 e. The van der Waals surface area contributed by atoms with Crippen molar-refractivity contribution >= 4 is 15.7 Å². The normalized spacial score (nSPS) is 17.9. The first-order valence-corrected chi connectivity index (χ1v) is 9.37. The molecular formula is C14H24N4O2S. The van der Waals surface area contributed by atoms with E-state index >= 15 is 0 Å². The number of sulfone groups is 1. The zero-order chi connectivity index (χ0) is 15.5. The van der Waals surface area contributed by atoms with E-state index in [2.05, 4.69) is 20.2 Å². The lowest BCUT2D eigenvalue weighted by Gasteiger charge is -2.32. The molecule has 0 atom stereocenters. The molecule has 118 valence electrons. The van der Waals surface area contributed by atoms with Crippen LogP contribution in [0, 0.1) is 13.8 Å². The number of aromatic nitrogens is 2. The molecule has 7 heteroatoms. The highest BCUT2D eigenvalue weighted by Gasteiger charge is 2.20. The van der Waals surface area contributed by atoms with Crippen LogP contribution in [-0.4, -0.2) is 61.0 Å². The lowest BCUT2D eigenvalue weighted by molar-refractivity contribution is 0.230. The van der Waals surface area contributed by atoms with Crippen molar-refractivity contribution in [1.82, 2.24) is 14.9 Å². The van der Waals surface area contributed by atoms with E-state index in [9.17, 15) is 8.42 Å². The van der Waals surface area contributed by atoms with E-state index in [0.29, 0.717) is 12.6 Å². The Bertz CT molecular complexity index is 560. The predicted octanol–water partition coefficient (Wildman–Crippen LogP) is 1.01. The highest BCUT2D eigenvalue weighted by molar-refractivity contribution is 7.90. The second-order valence-electron chi connectivity index (χ2n) is 5.83. The van der Waals surface area contributed by atoms with E-state index < -0.39 is 9.84 Å². The third-order valence-electron chi connectivity index (χ3n) is 3.68. The van der Waals surface area contributed by atoms with Crippen LogP contribution in [0.25, 0.3) is 0 Å². The molecule has 1 aliphatic rings. The van der Waals surface area contributed by atoms with Crippen LogP contribution in [0.15, 0.2) is 6.07 Å². The number of anilines is 1. The Balaban J connectivity index is 1.81. The van der Waals surface area contributed by atoms with Gasteiger partial charge in [-0.05, 0) is 26.7 Å². The molecule has 1 saturated heterocycles. The molecule has 1 N–H and O–H groups in total. The number of hydrogen-bond donors (Lipinski definition) is 1. The summed E-state index contributed by atoms with van der Waals surface area (Å²) in [5, 5.41) is 3.46. The van der Waals surface area contributed by atoms with Gasteiger partial charge in [-0.25, -0.2) is 18.4 Å². The Morgan fingerprint density at radius 1 is 1.29 bits per heavy atom. The highest BCUT2D eigenvalue weighted by Crippen LogP contribution is 2.16. The maximum Gasteiger partial charge on any atom is 0.148 e. The number of nitrogens with one attached hydrogen (secondary N) is 1. The summed E-state index contributed by atoms with van der Waals surface area (Å²) in [6.45, 7) is 6.35. The average molecular weight is 312 g/mol. The Hall–Kier alpha value is -1.21. The summed E-state index contributed by atoms with van der Waals surface area (Å²) in [6.07, 6.45) is 3.30. The molecule has 1 fully saturated rings. The number of likely N-dealkylation sites (tertiary alicyclic amines) is 1. The zero-order valence-corrected chi connectivity index (χ0v) is 13.8. The second-order valence-corrected chi connectivity index (χ2v) is 8.09. The summed E-state index contributed by atoms with van der Waals surface area (Å²) >= 11 is 0. The van der Waals surface area contributed by atoms with Crippen molar-refractivity contribution in [2.24, 2.45) is 0 Å². The van der Waals surface area contributed by atoms with Gasteiger partial charge in [0.25, 0.3) is 0 Å². The van der Waals surface area contributed by atoms with Gasteiger partial charge in [-0.1, -0.05) is 0 Å². The molecule has 0 amide bonds. The van der Waals surface area contributed by atoms with E-state index in [1.807, 2.05) is 19.9 Å². The molecule has 0 aromatic carbocycles. The standard InChI is InChI=1S/C14H24N4O2S/c1-11-10-14(16-12(2)15-11)17-13-4-6-18(7-5-13)8-9-21(3,19)20/h10,13H,4-9H2,1-3H3,(H,15,16,17). The maximum atomic E-state index is 11.2. The van der Waals surface area contributed by atoms with Gasteiger partial charge in [0.15, 0.2) is 0 Å². The van der Waals surface area contributed by atoms with Crippen LogP contribution < -0.4 is 5.32 Å². The molecule has 0 radical (unpaired) electrons. The van der Waals surface area contributed by atoms with Crippen molar-refractivity contribution in [3.8, 4) is 0 Å². The van der Waals surface area contributed by atoms with Gasteiger partial charge in [-0.3, -0.25) is 0 Å². The molecular weight excluding hydrogens is 288 g/mol. The van der Waals surface area contributed by atoms with Crippen molar-refractivity contribution in [2.75, 3.05) is 37.0 Å². The van der Waals surface area contributed by atoms with Crippen molar-refractivity contribution in [3.63, 3.8) is 0 Å². The van der Waals surface area contributed by atoms with Gasteiger partial charge in [-0.15, -0.1) is 0 Å². The van der Waals surface area contributed by atoms with Gasteiger partial charge >= 0.3 is 0 Å². The van der Waals surface area contributed by atoms with Gasteiger partial charge in [0.05, 0.1) is 5.75 Å². The lowest BCUT2D eigenvalue weighted by atomic mass is 10.1. The molecule has 0 bridgehead atoms. The van der Waals surface area contributed by atoms with Crippen LogP contribution in [-0.2, 0) is 9.84 Å². The molecule has 0 aliphatic carbocycles. The number of piperidine rings is 1. The quantitative estimate of drug-likeness (QED) is 0.875. The molecule has 0 spiro atoms. The third-order valence-corrected chi connectivity index (χ3v) is 4.61. The van der Waals surface area contributed by atoms with Gasteiger partial charge in [0.1, 0.15) is 21.5 Å². The van der Waals surface area contributed by atoms with E-state index in [1.165, 1.54) is 6.26 Å². The molecule has 2 heterocycles. The molecule has 0 saturated carbocycles. The second kappa shape index (κ2) is 6.70. The Morgan fingerprint density at radius 3 is 2.52 bits per heavy atom. The number of rotatable bonds is 5. The van der Waals surface area contributed by atoms with Crippen LogP contribution >= 0.6 is 0 Å². The third kappa shape index (κ3) is 5.59. The maximum absolute atomic E-state index is 11.2. The fraction of sp³-hybridized carbons (Fsp3) is 0.714. The van der Waals surface area contributed by atoms with Crippen LogP contribution in [0.3, 0.4) is 0 Å². The van der Waals surface area contributed by atoms with Crippen LogP contribution in [0.2, 0.25) is 0 Å². The number of hydrogen-bond acceptors (Lipinski definition) is 6. The topological polar surface area (TPSA) is 75.2 Å². The van der Waals surface area contributed by atoms with Crippen molar-refractivity contribution in [3.05, 3.63) is 17.6 Å².